The fourth-order valence-corrected chi connectivity index (χ4v) is 1.73. The lowest BCUT2D eigenvalue weighted by Crippen LogP contribution is -2.29. The average molecular weight is 279 g/mol. The van der Waals surface area contributed by atoms with Gasteiger partial charge in [0, 0.05) is 10.7 Å². The molecule has 5 heteroatoms. The molecule has 0 saturated carbocycles. The van der Waals surface area contributed by atoms with Crippen molar-refractivity contribution in [2.45, 2.75) is 13.5 Å². The molecular formula is C14H15ClN2O2. The highest BCUT2D eigenvalue weighted by molar-refractivity contribution is 6.31. The number of halogens is 1. The third kappa shape index (κ3) is 4.03. The fourth-order valence-electron chi connectivity index (χ4n) is 1.55. The van der Waals surface area contributed by atoms with Gasteiger partial charge in [0.15, 0.2) is 0 Å². The molecule has 0 aliphatic rings. The Morgan fingerprint density at radius 1 is 1.37 bits per heavy atom. The zero-order valence-electron chi connectivity index (χ0n) is 10.6. The highest BCUT2D eigenvalue weighted by atomic mass is 35.5. The summed E-state index contributed by atoms with van der Waals surface area (Å²) in [4.78, 5) is 11.6. The lowest BCUT2D eigenvalue weighted by molar-refractivity contribution is -0.119. The Morgan fingerprint density at radius 2 is 2.21 bits per heavy atom. The highest BCUT2D eigenvalue weighted by Crippen LogP contribution is 2.19. The van der Waals surface area contributed by atoms with E-state index in [1.807, 2.05) is 25.1 Å². The van der Waals surface area contributed by atoms with E-state index in [-0.39, 0.29) is 12.5 Å². The number of rotatable bonds is 5. The first-order chi connectivity index (χ1) is 9.15. The number of anilines is 1. The number of carbonyl (C=O) groups excluding carboxylic acids is 1. The molecule has 1 aromatic heterocycles. The van der Waals surface area contributed by atoms with Gasteiger partial charge in [-0.1, -0.05) is 17.7 Å². The lowest BCUT2D eigenvalue weighted by Gasteiger charge is -2.08. The summed E-state index contributed by atoms with van der Waals surface area (Å²) in [6.07, 6.45) is 1.58. The molecule has 0 atom stereocenters. The van der Waals surface area contributed by atoms with Crippen LogP contribution in [0.2, 0.25) is 5.02 Å². The molecule has 100 valence electrons. The van der Waals surface area contributed by atoms with Gasteiger partial charge in [0.05, 0.1) is 19.4 Å². The molecule has 0 bridgehead atoms. The summed E-state index contributed by atoms with van der Waals surface area (Å²) in [5.41, 5.74) is 1.83. The Hall–Kier alpha value is -1.94. The van der Waals surface area contributed by atoms with Crippen molar-refractivity contribution >= 4 is 23.2 Å². The van der Waals surface area contributed by atoms with E-state index in [1.54, 1.807) is 18.4 Å². The van der Waals surface area contributed by atoms with Crippen LogP contribution in [0.1, 0.15) is 11.3 Å². The Bertz CT molecular complexity index is 553. The van der Waals surface area contributed by atoms with Crippen LogP contribution in [0.5, 0.6) is 0 Å². The predicted octanol–water partition coefficient (Wildman–Crippen LogP) is 2.97. The van der Waals surface area contributed by atoms with Crippen molar-refractivity contribution in [2.75, 3.05) is 11.9 Å². The molecule has 19 heavy (non-hydrogen) atoms. The molecule has 1 aromatic carbocycles. The van der Waals surface area contributed by atoms with E-state index in [4.69, 9.17) is 16.0 Å². The Kier molecular flexibility index (Phi) is 4.47. The van der Waals surface area contributed by atoms with Crippen LogP contribution in [-0.2, 0) is 11.3 Å². The molecule has 0 aliphatic carbocycles. The number of benzene rings is 1. The minimum absolute atomic E-state index is 0.104. The van der Waals surface area contributed by atoms with Gasteiger partial charge in [-0.05, 0) is 36.8 Å². The minimum atomic E-state index is -0.104. The van der Waals surface area contributed by atoms with Crippen LogP contribution in [-0.4, -0.2) is 12.5 Å². The summed E-state index contributed by atoms with van der Waals surface area (Å²) in [7, 11) is 0. The van der Waals surface area contributed by atoms with Crippen LogP contribution >= 0.6 is 11.6 Å². The number of hydrogen-bond donors (Lipinski definition) is 2. The van der Waals surface area contributed by atoms with Crippen LogP contribution in [0.15, 0.2) is 41.0 Å². The van der Waals surface area contributed by atoms with E-state index < -0.39 is 0 Å². The molecule has 0 aliphatic heterocycles. The maximum absolute atomic E-state index is 11.6. The topological polar surface area (TPSA) is 54.3 Å². The number of aryl methyl sites for hydroxylation is 1. The lowest BCUT2D eigenvalue weighted by atomic mass is 10.2. The number of hydrogen-bond acceptors (Lipinski definition) is 3. The number of carbonyl (C=O) groups is 1. The van der Waals surface area contributed by atoms with Crippen molar-refractivity contribution in [1.82, 2.24) is 5.32 Å². The van der Waals surface area contributed by atoms with Crippen LogP contribution < -0.4 is 10.6 Å². The first-order valence-electron chi connectivity index (χ1n) is 5.94. The smallest absolute Gasteiger partial charge is 0.239 e. The van der Waals surface area contributed by atoms with E-state index in [0.29, 0.717) is 11.6 Å². The second kappa shape index (κ2) is 6.29. The monoisotopic (exact) mass is 278 g/mol. The van der Waals surface area contributed by atoms with Gasteiger partial charge in [-0.2, -0.15) is 0 Å². The van der Waals surface area contributed by atoms with Crippen molar-refractivity contribution in [3.05, 3.63) is 52.9 Å². The average Bonchev–Trinajstić information content (AvgIpc) is 2.91. The van der Waals surface area contributed by atoms with E-state index >= 15 is 0 Å². The molecule has 1 heterocycles. The van der Waals surface area contributed by atoms with Crippen LogP contribution in [0, 0.1) is 6.92 Å². The van der Waals surface area contributed by atoms with Crippen molar-refractivity contribution in [1.29, 1.82) is 0 Å². The minimum Gasteiger partial charge on any atom is -0.467 e. The quantitative estimate of drug-likeness (QED) is 0.884. The molecule has 2 N–H and O–H groups in total. The zero-order valence-corrected chi connectivity index (χ0v) is 11.3. The van der Waals surface area contributed by atoms with E-state index in [1.165, 1.54) is 0 Å². The molecule has 2 rings (SSSR count). The summed E-state index contributed by atoms with van der Waals surface area (Å²) in [6.45, 7) is 2.52. The summed E-state index contributed by atoms with van der Waals surface area (Å²) < 4.78 is 5.12. The first kappa shape index (κ1) is 13.5. The van der Waals surface area contributed by atoms with E-state index in [0.717, 1.165) is 17.0 Å². The van der Waals surface area contributed by atoms with Crippen LogP contribution in [0.3, 0.4) is 0 Å². The van der Waals surface area contributed by atoms with Gasteiger partial charge in [-0.15, -0.1) is 0 Å². The normalized spacial score (nSPS) is 10.2. The molecule has 1 amide bonds. The summed E-state index contributed by atoms with van der Waals surface area (Å²) in [6, 6.07) is 9.20. The number of nitrogens with one attached hydrogen (secondary N) is 2. The van der Waals surface area contributed by atoms with Crippen molar-refractivity contribution < 1.29 is 9.21 Å². The highest BCUT2D eigenvalue weighted by Gasteiger charge is 2.03. The van der Waals surface area contributed by atoms with Crippen LogP contribution in [0.25, 0.3) is 0 Å². The SMILES string of the molecule is Cc1ccc(NCC(=O)NCc2ccco2)cc1Cl. The Labute approximate surface area is 116 Å². The number of amides is 1. The van der Waals surface area contributed by atoms with Crippen molar-refractivity contribution in [3.63, 3.8) is 0 Å². The molecule has 4 nitrogen and oxygen atoms in total. The van der Waals surface area contributed by atoms with Gasteiger partial charge < -0.3 is 15.1 Å². The second-order valence-corrected chi connectivity index (χ2v) is 4.58. The molecule has 0 unspecified atom stereocenters. The van der Waals surface area contributed by atoms with Gasteiger partial charge in [0.25, 0.3) is 0 Å². The van der Waals surface area contributed by atoms with Crippen molar-refractivity contribution in [3.8, 4) is 0 Å². The van der Waals surface area contributed by atoms with Gasteiger partial charge in [0.2, 0.25) is 5.91 Å². The third-order valence-corrected chi connectivity index (χ3v) is 3.07. The largest absolute Gasteiger partial charge is 0.467 e. The summed E-state index contributed by atoms with van der Waals surface area (Å²) in [5, 5.41) is 6.45. The Morgan fingerprint density at radius 3 is 2.89 bits per heavy atom. The van der Waals surface area contributed by atoms with Gasteiger partial charge >= 0.3 is 0 Å². The van der Waals surface area contributed by atoms with Gasteiger partial charge in [-0.25, -0.2) is 0 Å². The maximum Gasteiger partial charge on any atom is 0.239 e. The molecule has 0 spiro atoms. The van der Waals surface area contributed by atoms with Gasteiger partial charge in [0.1, 0.15) is 5.76 Å². The molecule has 0 fully saturated rings. The molecular weight excluding hydrogens is 264 g/mol. The predicted molar refractivity (Wildman–Crippen MR) is 75.2 cm³/mol. The molecule has 2 aromatic rings. The second-order valence-electron chi connectivity index (χ2n) is 4.17. The van der Waals surface area contributed by atoms with Crippen LogP contribution in [0.4, 0.5) is 5.69 Å². The van der Waals surface area contributed by atoms with Crippen molar-refractivity contribution in [2.24, 2.45) is 0 Å². The van der Waals surface area contributed by atoms with Gasteiger partial charge in [-0.3, -0.25) is 4.79 Å². The van der Waals surface area contributed by atoms with E-state index in [2.05, 4.69) is 10.6 Å². The molecule has 0 radical (unpaired) electrons. The Balaban J connectivity index is 1.78. The third-order valence-electron chi connectivity index (χ3n) is 2.66. The fraction of sp³-hybridized carbons (Fsp3) is 0.214. The molecule has 0 saturated heterocycles. The maximum atomic E-state index is 11.6. The standard InChI is InChI=1S/C14H15ClN2O2/c1-10-4-5-11(7-13(10)15)16-9-14(18)17-8-12-3-2-6-19-12/h2-7,16H,8-9H2,1H3,(H,17,18). The summed E-state index contributed by atoms with van der Waals surface area (Å²) in [5.74, 6) is 0.625. The summed E-state index contributed by atoms with van der Waals surface area (Å²) >= 11 is 6.00. The first-order valence-corrected chi connectivity index (χ1v) is 6.32. The van der Waals surface area contributed by atoms with E-state index in [9.17, 15) is 4.79 Å². The zero-order chi connectivity index (χ0) is 13.7. The number of furan rings is 1.